The lowest BCUT2D eigenvalue weighted by Gasteiger charge is -2.20. The molecule has 2 aliphatic carbocycles. The van der Waals surface area contributed by atoms with Gasteiger partial charge in [-0.2, -0.15) is 0 Å². The lowest BCUT2D eigenvalue weighted by Crippen LogP contribution is -2.21. The highest BCUT2D eigenvalue weighted by atomic mass is 16.7. The van der Waals surface area contributed by atoms with Crippen molar-refractivity contribution in [3.63, 3.8) is 0 Å². The van der Waals surface area contributed by atoms with E-state index in [-0.39, 0.29) is 6.79 Å². The van der Waals surface area contributed by atoms with Gasteiger partial charge in [-0.1, -0.05) is 0 Å². The second kappa shape index (κ2) is 3.44. The molecule has 0 spiro atoms. The molecule has 68 valence electrons. The maximum absolute atomic E-state index is 9.84. The van der Waals surface area contributed by atoms with Gasteiger partial charge in [0.2, 0.25) is 0 Å². The predicted molar refractivity (Wildman–Crippen MR) is 42.3 cm³/mol. The third-order valence-electron chi connectivity index (χ3n) is 3.09. The third kappa shape index (κ3) is 1.46. The Morgan fingerprint density at radius 1 is 1.33 bits per heavy atom. The zero-order valence-corrected chi connectivity index (χ0v) is 7.07. The molecule has 3 atom stereocenters. The van der Waals surface area contributed by atoms with E-state index < -0.39 is 0 Å². The molecule has 2 saturated carbocycles. The van der Waals surface area contributed by atoms with E-state index in [1.807, 2.05) is 0 Å². The summed E-state index contributed by atoms with van der Waals surface area (Å²) in [7, 11) is 0. The third-order valence-corrected chi connectivity index (χ3v) is 3.09. The van der Waals surface area contributed by atoms with Crippen LogP contribution in [0.4, 0.5) is 0 Å². The number of carbonyl (C=O) groups excluding carboxylic acids is 1. The molecule has 3 heteroatoms. The van der Waals surface area contributed by atoms with E-state index >= 15 is 0 Å². The molecule has 0 radical (unpaired) electrons. The number of rotatable bonds is 4. The summed E-state index contributed by atoms with van der Waals surface area (Å²) in [6, 6.07) is 0. The summed E-state index contributed by atoms with van der Waals surface area (Å²) in [6.07, 6.45) is 5.54. The molecule has 0 aliphatic heterocycles. The average Bonchev–Trinajstić information content (AvgIpc) is 2.65. The van der Waals surface area contributed by atoms with Crippen molar-refractivity contribution in [1.29, 1.82) is 0 Å². The molecular weight excluding hydrogens is 156 g/mol. The van der Waals surface area contributed by atoms with Gasteiger partial charge >= 0.3 is 0 Å². The zero-order chi connectivity index (χ0) is 8.39. The highest BCUT2D eigenvalue weighted by Gasteiger charge is 2.40. The summed E-state index contributed by atoms with van der Waals surface area (Å²) in [5, 5.41) is 0. The van der Waals surface area contributed by atoms with Crippen molar-refractivity contribution < 1.29 is 14.3 Å². The van der Waals surface area contributed by atoms with E-state index in [0.29, 0.717) is 12.6 Å². The van der Waals surface area contributed by atoms with Crippen molar-refractivity contribution in [2.45, 2.75) is 31.8 Å². The molecular formula is C9H14O3. The first-order valence-electron chi connectivity index (χ1n) is 4.57. The van der Waals surface area contributed by atoms with Crippen molar-refractivity contribution in [2.24, 2.45) is 11.8 Å². The fraction of sp³-hybridized carbons (Fsp3) is 0.889. The van der Waals surface area contributed by atoms with Gasteiger partial charge in [-0.15, -0.1) is 0 Å². The zero-order valence-electron chi connectivity index (χ0n) is 7.07. The molecule has 0 heterocycles. The van der Waals surface area contributed by atoms with Gasteiger partial charge < -0.3 is 9.47 Å². The van der Waals surface area contributed by atoms with Gasteiger partial charge in [0.25, 0.3) is 6.47 Å². The maximum atomic E-state index is 9.84. The Morgan fingerprint density at radius 2 is 2.25 bits per heavy atom. The SMILES string of the molecule is O=COCOC1CC2CCC1C2. The summed E-state index contributed by atoms with van der Waals surface area (Å²) >= 11 is 0. The monoisotopic (exact) mass is 170 g/mol. The molecule has 0 amide bonds. The van der Waals surface area contributed by atoms with E-state index in [4.69, 9.17) is 4.74 Å². The lowest BCUT2D eigenvalue weighted by molar-refractivity contribution is -0.148. The Kier molecular flexibility index (Phi) is 2.30. The van der Waals surface area contributed by atoms with Crippen molar-refractivity contribution in [3.8, 4) is 0 Å². The number of carbonyl (C=O) groups is 1. The molecule has 0 aromatic rings. The first kappa shape index (κ1) is 8.05. The van der Waals surface area contributed by atoms with Gasteiger partial charge in [0.15, 0.2) is 6.79 Å². The topological polar surface area (TPSA) is 35.5 Å². The summed E-state index contributed by atoms with van der Waals surface area (Å²) in [6.45, 7) is 0.574. The smallest absolute Gasteiger partial charge is 0.295 e. The van der Waals surface area contributed by atoms with Crippen LogP contribution in [0.5, 0.6) is 0 Å². The van der Waals surface area contributed by atoms with E-state index in [2.05, 4.69) is 4.74 Å². The predicted octanol–water partition coefficient (Wildman–Crippen LogP) is 1.32. The number of hydrogen-bond donors (Lipinski definition) is 0. The Hall–Kier alpha value is -0.570. The molecule has 0 N–H and O–H groups in total. The van der Waals surface area contributed by atoms with Gasteiger partial charge in [-0.05, 0) is 37.5 Å². The van der Waals surface area contributed by atoms with Gasteiger partial charge in [-0.3, -0.25) is 4.79 Å². The van der Waals surface area contributed by atoms with E-state index in [0.717, 1.165) is 11.8 Å². The van der Waals surface area contributed by atoms with Crippen LogP contribution < -0.4 is 0 Å². The van der Waals surface area contributed by atoms with Gasteiger partial charge in [0.05, 0.1) is 6.10 Å². The van der Waals surface area contributed by atoms with E-state index in [9.17, 15) is 4.79 Å². The van der Waals surface area contributed by atoms with E-state index in [1.165, 1.54) is 25.7 Å². The van der Waals surface area contributed by atoms with Crippen LogP contribution in [0.3, 0.4) is 0 Å². The Labute approximate surface area is 72.0 Å². The Bertz CT molecular complexity index is 169. The minimum Gasteiger partial charge on any atom is -0.441 e. The highest BCUT2D eigenvalue weighted by Crippen LogP contribution is 2.45. The molecule has 2 rings (SSSR count). The van der Waals surface area contributed by atoms with Crippen LogP contribution in [0.15, 0.2) is 0 Å². The van der Waals surface area contributed by atoms with Crippen LogP contribution in [0.1, 0.15) is 25.7 Å². The number of ether oxygens (including phenoxy) is 2. The van der Waals surface area contributed by atoms with Crippen molar-refractivity contribution >= 4 is 6.47 Å². The van der Waals surface area contributed by atoms with Crippen LogP contribution in [-0.4, -0.2) is 19.4 Å². The largest absolute Gasteiger partial charge is 0.441 e. The minimum absolute atomic E-state index is 0.136. The first-order valence-corrected chi connectivity index (χ1v) is 4.57. The van der Waals surface area contributed by atoms with Crippen molar-refractivity contribution in [3.05, 3.63) is 0 Å². The lowest BCUT2D eigenvalue weighted by atomic mass is 9.98. The molecule has 2 bridgehead atoms. The van der Waals surface area contributed by atoms with E-state index in [1.54, 1.807) is 0 Å². The van der Waals surface area contributed by atoms with Crippen LogP contribution in [-0.2, 0) is 14.3 Å². The molecule has 2 aliphatic rings. The summed E-state index contributed by atoms with van der Waals surface area (Å²) in [5.41, 5.74) is 0. The first-order chi connectivity index (χ1) is 5.90. The molecule has 0 aromatic carbocycles. The van der Waals surface area contributed by atoms with Crippen molar-refractivity contribution in [1.82, 2.24) is 0 Å². The van der Waals surface area contributed by atoms with Crippen molar-refractivity contribution in [2.75, 3.05) is 6.79 Å². The van der Waals surface area contributed by atoms with Gasteiger partial charge in [0.1, 0.15) is 0 Å². The Balaban J connectivity index is 1.72. The van der Waals surface area contributed by atoms with Crippen LogP contribution in [0.25, 0.3) is 0 Å². The molecule has 0 aromatic heterocycles. The summed E-state index contributed by atoms with van der Waals surface area (Å²) < 4.78 is 9.92. The summed E-state index contributed by atoms with van der Waals surface area (Å²) in [4.78, 5) is 9.84. The van der Waals surface area contributed by atoms with Gasteiger partial charge in [0, 0.05) is 0 Å². The van der Waals surface area contributed by atoms with Crippen LogP contribution in [0.2, 0.25) is 0 Å². The molecule has 2 fully saturated rings. The molecule has 0 saturated heterocycles. The number of hydrogen-bond acceptors (Lipinski definition) is 3. The maximum Gasteiger partial charge on any atom is 0.295 e. The molecule has 12 heavy (non-hydrogen) atoms. The van der Waals surface area contributed by atoms with Crippen LogP contribution >= 0.6 is 0 Å². The minimum atomic E-state index is 0.136. The average molecular weight is 170 g/mol. The number of fused-ring (bicyclic) bond motifs is 2. The Morgan fingerprint density at radius 3 is 2.83 bits per heavy atom. The normalized spacial score (nSPS) is 38.5. The van der Waals surface area contributed by atoms with Gasteiger partial charge in [-0.25, -0.2) is 0 Å². The molecule has 3 nitrogen and oxygen atoms in total. The fourth-order valence-electron chi connectivity index (χ4n) is 2.54. The standard InChI is InChI=1S/C9H14O3/c10-5-11-6-12-9-4-7-1-2-8(9)3-7/h5,7-9H,1-4,6H2. The second-order valence-electron chi connectivity index (χ2n) is 3.76. The fourth-order valence-corrected chi connectivity index (χ4v) is 2.54. The quantitative estimate of drug-likeness (QED) is 0.362. The summed E-state index contributed by atoms with van der Waals surface area (Å²) in [5.74, 6) is 1.63. The molecule has 3 unspecified atom stereocenters. The highest BCUT2D eigenvalue weighted by molar-refractivity contribution is 5.36. The van der Waals surface area contributed by atoms with Crippen LogP contribution in [0, 0.1) is 11.8 Å². The second-order valence-corrected chi connectivity index (χ2v) is 3.76.